The topological polar surface area (TPSA) is 97.8 Å². The maximum atomic E-state index is 13.4. The molecule has 2 aromatic rings. The number of aliphatic hydroxyl groups excluding tert-OH is 1. The van der Waals surface area contributed by atoms with Crippen LogP contribution in [0.2, 0.25) is 0 Å². The van der Waals surface area contributed by atoms with Gasteiger partial charge in [0.05, 0.1) is 46.2 Å². The summed E-state index contributed by atoms with van der Waals surface area (Å²) >= 11 is 0. The molecule has 1 atom stereocenters. The van der Waals surface area contributed by atoms with Crippen molar-refractivity contribution < 1.29 is 33.6 Å². The first kappa shape index (κ1) is 25.5. The monoisotopic (exact) mass is 496 g/mol. The molecule has 0 aromatic heterocycles. The zero-order valence-corrected chi connectivity index (χ0v) is 21.1. The molecule has 1 amide bonds. The fraction of sp³-hybridized carbons (Fsp3) is 0.407. The van der Waals surface area contributed by atoms with E-state index in [4.69, 9.17) is 18.9 Å². The van der Waals surface area contributed by atoms with E-state index in [0.717, 1.165) is 18.7 Å². The van der Waals surface area contributed by atoms with Gasteiger partial charge in [-0.05, 0) is 48.9 Å². The fourth-order valence-electron chi connectivity index (χ4n) is 4.74. The van der Waals surface area contributed by atoms with Gasteiger partial charge in [0, 0.05) is 37.3 Å². The van der Waals surface area contributed by atoms with E-state index in [-0.39, 0.29) is 11.3 Å². The summed E-state index contributed by atoms with van der Waals surface area (Å²) < 4.78 is 21.8. The van der Waals surface area contributed by atoms with Gasteiger partial charge < -0.3 is 29.0 Å². The van der Waals surface area contributed by atoms with Gasteiger partial charge in [-0.1, -0.05) is 0 Å². The molecule has 4 rings (SSSR count). The number of hydrogen-bond acceptors (Lipinski definition) is 8. The summed E-state index contributed by atoms with van der Waals surface area (Å²) in [7, 11) is 4.63. The highest BCUT2D eigenvalue weighted by molar-refractivity contribution is 6.46. The predicted octanol–water partition coefficient (Wildman–Crippen LogP) is 2.77. The minimum absolute atomic E-state index is 0.0121. The molecule has 0 saturated carbocycles. The van der Waals surface area contributed by atoms with E-state index in [1.165, 1.54) is 12.0 Å². The highest BCUT2D eigenvalue weighted by atomic mass is 16.5. The Balaban J connectivity index is 1.83. The van der Waals surface area contributed by atoms with Gasteiger partial charge in [-0.15, -0.1) is 0 Å². The number of carbonyl (C=O) groups excluding carboxylic acids is 2. The number of nitrogens with zero attached hydrogens (tertiary/aromatic N) is 2. The average molecular weight is 497 g/mol. The number of carbonyl (C=O) groups is 2. The molecule has 0 radical (unpaired) electrons. The zero-order chi connectivity index (χ0) is 25.8. The number of aliphatic hydroxyl groups is 1. The van der Waals surface area contributed by atoms with Crippen LogP contribution < -0.4 is 14.2 Å². The van der Waals surface area contributed by atoms with Crippen molar-refractivity contribution in [3.63, 3.8) is 0 Å². The fourth-order valence-corrected chi connectivity index (χ4v) is 4.74. The van der Waals surface area contributed by atoms with Gasteiger partial charge in [-0.2, -0.15) is 0 Å². The van der Waals surface area contributed by atoms with Crippen molar-refractivity contribution in [3.05, 3.63) is 58.7 Å². The van der Waals surface area contributed by atoms with E-state index in [0.29, 0.717) is 54.7 Å². The second kappa shape index (κ2) is 11.0. The van der Waals surface area contributed by atoms with Crippen LogP contribution in [0.15, 0.2) is 42.0 Å². The van der Waals surface area contributed by atoms with Crippen LogP contribution in [0.25, 0.3) is 5.76 Å². The van der Waals surface area contributed by atoms with Crippen molar-refractivity contribution in [1.82, 2.24) is 9.80 Å². The molecule has 0 spiro atoms. The molecule has 36 heavy (non-hydrogen) atoms. The Kier molecular flexibility index (Phi) is 7.81. The largest absolute Gasteiger partial charge is 0.507 e. The van der Waals surface area contributed by atoms with Crippen LogP contribution in [0, 0.1) is 6.92 Å². The summed E-state index contributed by atoms with van der Waals surface area (Å²) in [6.45, 7) is 5.48. The third-order valence-corrected chi connectivity index (χ3v) is 6.70. The molecule has 2 aliphatic rings. The van der Waals surface area contributed by atoms with Crippen molar-refractivity contribution in [3.8, 4) is 17.2 Å². The normalized spacial score (nSPS) is 20.0. The van der Waals surface area contributed by atoms with Crippen LogP contribution in [0.1, 0.15) is 22.7 Å². The number of morpholine rings is 1. The van der Waals surface area contributed by atoms with E-state index in [2.05, 4.69) is 4.90 Å². The Morgan fingerprint density at radius 2 is 1.67 bits per heavy atom. The molecular weight excluding hydrogens is 464 g/mol. The van der Waals surface area contributed by atoms with Crippen LogP contribution >= 0.6 is 0 Å². The van der Waals surface area contributed by atoms with Gasteiger partial charge in [-0.3, -0.25) is 14.5 Å². The van der Waals surface area contributed by atoms with E-state index < -0.39 is 17.7 Å². The van der Waals surface area contributed by atoms with Gasteiger partial charge >= 0.3 is 0 Å². The van der Waals surface area contributed by atoms with Crippen molar-refractivity contribution in [1.29, 1.82) is 0 Å². The Bertz CT molecular complexity index is 1170. The summed E-state index contributed by atoms with van der Waals surface area (Å²) in [5, 5.41) is 11.4. The lowest BCUT2D eigenvalue weighted by atomic mass is 9.94. The third kappa shape index (κ3) is 4.89. The maximum absolute atomic E-state index is 13.4. The van der Waals surface area contributed by atoms with Crippen LogP contribution in [0.5, 0.6) is 17.2 Å². The number of rotatable bonds is 8. The molecule has 1 unspecified atom stereocenters. The van der Waals surface area contributed by atoms with Crippen LogP contribution in [-0.4, -0.2) is 87.3 Å². The Morgan fingerprint density at radius 3 is 2.31 bits per heavy atom. The molecule has 192 valence electrons. The first-order valence-corrected chi connectivity index (χ1v) is 11.8. The highest BCUT2D eigenvalue weighted by Gasteiger charge is 2.47. The lowest BCUT2D eigenvalue weighted by Gasteiger charge is -2.31. The summed E-state index contributed by atoms with van der Waals surface area (Å²) in [6.07, 6.45) is 0. The first-order chi connectivity index (χ1) is 17.4. The van der Waals surface area contributed by atoms with Gasteiger partial charge in [0.1, 0.15) is 23.0 Å². The van der Waals surface area contributed by atoms with E-state index in [1.807, 2.05) is 6.92 Å². The quantitative estimate of drug-likeness (QED) is 0.339. The molecule has 9 heteroatoms. The molecular formula is C27H32N2O7. The number of ether oxygens (including phenoxy) is 4. The van der Waals surface area contributed by atoms with E-state index in [9.17, 15) is 14.7 Å². The number of amides is 1. The lowest BCUT2D eigenvalue weighted by molar-refractivity contribution is -0.140. The minimum atomic E-state index is -0.849. The van der Waals surface area contributed by atoms with Crippen molar-refractivity contribution in [2.75, 3.05) is 60.7 Å². The second-order valence-corrected chi connectivity index (χ2v) is 8.74. The molecule has 0 bridgehead atoms. The Morgan fingerprint density at radius 1 is 0.972 bits per heavy atom. The van der Waals surface area contributed by atoms with E-state index >= 15 is 0 Å². The highest BCUT2D eigenvalue weighted by Crippen LogP contribution is 2.44. The van der Waals surface area contributed by atoms with Crippen LogP contribution in [-0.2, 0) is 14.3 Å². The third-order valence-electron chi connectivity index (χ3n) is 6.70. The Labute approximate surface area is 210 Å². The number of hydrogen-bond donors (Lipinski definition) is 1. The smallest absolute Gasteiger partial charge is 0.295 e. The summed E-state index contributed by atoms with van der Waals surface area (Å²) in [6, 6.07) is 9.49. The van der Waals surface area contributed by atoms with Crippen molar-refractivity contribution >= 4 is 17.4 Å². The minimum Gasteiger partial charge on any atom is -0.507 e. The second-order valence-electron chi connectivity index (χ2n) is 8.74. The number of likely N-dealkylation sites (tertiary alicyclic amines) is 1. The molecule has 9 nitrogen and oxygen atoms in total. The molecule has 2 aliphatic heterocycles. The van der Waals surface area contributed by atoms with Gasteiger partial charge in [0.15, 0.2) is 0 Å². The summed E-state index contributed by atoms with van der Waals surface area (Å²) in [5.41, 5.74) is 1.79. The summed E-state index contributed by atoms with van der Waals surface area (Å²) in [5.74, 6) is 0.0369. The van der Waals surface area contributed by atoms with Gasteiger partial charge in [-0.25, -0.2) is 0 Å². The van der Waals surface area contributed by atoms with Gasteiger partial charge in [0.2, 0.25) is 0 Å². The SMILES string of the molecule is COc1ccc(OC)c(C2/C(=C(\O)c3ccc(OC)c(C)c3)C(=O)C(=O)N2CCN2CCOCC2)c1. The summed E-state index contributed by atoms with van der Waals surface area (Å²) in [4.78, 5) is 30.4. The standard InChI is InChI=1S/C27H32N2O7/c1-17-15-18(5-7-21(17)34-3)25(30)23-24(20-16-19(33-2)6-8-22(20)35-4)29(27(32)26(23)31)10-9-28-11-13-36-14-12-28/h5-8,15-16,24,30H,9-14H2,1-4H3/b25-23+. The van der Waals surface area contributed by atoms with Gasteiger partial charge in [0.25, 0.3) is 11.7 Å². The number of methoxy groups -OCH3 is 3. The van der Waals surface area contributed by atoms with Crippen LogP contribution in [0.3, 0.4) is 0 Å². The number of Topliss-reactive ketones (excluding diaryl/α,β-unsaturated/α-hetero) is 1. The average Bonchev–Trinajstić information content (AvgIpc) is 3.16. The first-order valence-electron chi connectivity index (χ1n) is 11.8. The van der Waals surface area contributed by atoms with Crippen molar-refractivity contribution in [2.45, 2.75) is 13.0 Å². The van der Waals surface area contributed by atoms with Crippen molar-refractivity contribution in [2.24, 2.45) is 0 Å². The maximum Gasteiger partial charge on any atom is 0.295 e. The Hall–Kier alpha value is -3.56. The molecule has 2 aromatic carbocycles. The number of aryl methyl sites for hydroxylation is 1. The predicted molar refractivity (Wildman–Crippen MR) is 134 cm³/mol. The number of benzene rings is 2. The molecule has 2 heterocycles. The van der Waals surface area contributed by atoms with Crippen LogP contribution in [0.4, 0.5) is 0 Å². The lowest BCUT2D eigenvalue weighted by Crippen LogP contribution is -2.42. The number of ketones is 1. The zero-order valence-electron chi connectivity index (χ0n) is 21.1. The molecule has 2 fully saturated rings. The molecule has 1 N–H and O–H groups in total. The molecule has 2 saturated heterocycles. The molecule has 0 aliphatic carbocycles. The van der Waals surface area contributed by atoms with E-state index in [1.54, 1.807) is 50.6 Å².